The zero-order valence-corrected chi connectivity index (χ0v) is 17.7. The molecule has 1 aromatic heterocycles. The highest BCUT2D eigenvalue weighted by Crippen LogP contribution is 2.18. The smallest absolute Gasteiger partial charge is 0.319 e. The van der Waals surface area contributed by atoms with Gasteiger partial charge in [0.25, 0.3) is 0 Å². The van der Waals surface area contributed by atoms with Crippen molar-refractivity contribution in [1.82, 2.24) is 15.2 Å². The molecule has 160 valence electrons. The van der Waals surface area contributed by atoms with E-state index in [2.05, 4.69) is 32.3 Å². The van der Waals surface area contributed by atoms with E-state index in [0.29, 0.717) is 19.6 Å². The zero-order chi connectivity index (χ0) is 21.3. The lowest BCUT2D eigenvalue weighted by atomic mass is 10.2. The first kappa shape index (κ1) is 21.4. The van der Waals surface area contributed by atoms with Crippen LogP contribution >= 0.6 is 0 Å². The van der Waals surface area contributed by atoms with Crippen LogP contribution in [-0.2, 0) is 4.79 Å². The molecule has 3 amide bonds. The number of nitrogens with one attached hydrogen (secondary N) is 2. The Hall–Kier alpha value is -3.29. The Morgan fingerprint density at radius 2 is 1.90 bits per heavy atom. The molecule has 1 aromatic carbocycles. The van der Waals surface area contributed by atoms with Crippen molar-refractivity contribution < 1.29 is 9.59 Å². The van der Waals surface area contributed by atoms with Crippen LogP contribution in [0, 0.1) is 0 Å². The summed E-state index contributed by atoms with van der Waals surface area (Å²) in [7, 11) is 2.00. The van der Waals surface area contributed by atoms with E-state index in [0.717, 1.165) is 36.8 Å². The maximum Gasteiger partial charge on any atom is 0.319 e. The molecule has 0 radical (unpaired) electrons. The zero-order valence-electron chi connectivity index (χ0n) is 17.7. The molecule has 30 heavy (non-hydrogen) atoms. The minimum absolute atomic E-state index is 0.0579. The number of benzene rings is 1. The van der Waals surface area contributed by atoms with Gasteiger partial charge in [-0.15, -0.1) is 0 Å². The van der Waals surface area contributed by atoms with Gasteiger partial charge in [0.15, 0.2) is 0 Å². The second-order valence-corrected chi connectivity index (χ2v) is 7.25. The van der Waals surface area contributed by atoms with Gasteiger partial charge in [-0.3, -0.25) is 4.79 Å². The summed E-state index contributed by atoms with van der Waals surface area (Å²) in [5, 5.41) is 5.59. The van der Waals surface area contributed by atoms with Gasteiger partial charge in [-0.1, -0.05) is 12.1 Å². The summed E-state index contributed by atoms with van der Waals surface area (Å²) in [5.41, 5.74) is 1.76. The van der Waals surface area contributed by atoms with Crippen LogP contribution in [0.4, 0.5) is 22.0 Å². The largest absolute Gasteiger partial charge is 0.375 e. The first-order valence-corrected chi connectivity index (χ1v) is 10.4. The predicted molar refractivity (Wildman–Crippen MR) is 120 cm³/mol. The van der Waals surface area contributed by atoms with Crippen molar-refractivity contribution in [3.63, 3.8) is 0 Å². The Morgan fingerprint density at radius 3 is 2.60 bits per heavy atom. The van der Waals surface area contributed by atoms with Gasteiger partial charge in [-0.25, -0.2) is 9.78 Å². The van der Waals surface area contributed by atoms with Crippen LogP contribution in [0.3, 0.4) is 0 Å². The van der Waals surface area contributed by atoms with Crippen LogP contribution < -0.4 is 20.4 Å². The standard InChI is InChI=1S/C22H30N6O2/c1-3-26(2)19-8-6-7-18(17-19)25-22(30)24-12-10-21(29)28-15-13-27(14-16-28)20-9-4-5-11-23-20/h4-9,11,17H,3,10,12-16H2,1-2H3,(H2,24,25,30). The quantitative estimate of drug-likeness (QED) is 0.733. The molecular weight excluding hydrogens is 380 g/mol. The molecule has 8 nitrogen and oxygen atoms in total. The predicted octanol–water partition coefficient (Wildman–Crippen LogP) is 2.40. The molecule has 3 rings (SSSR count). The summed E-state index contributed by atoms with van der Waals surface area (Å²) >= 11 is 0. The van der Waals surface area contributed by atoms with Crippen LogP contribution in [0.25, 0.3) is 0 Å². The van der Waals surface area contributed by atoms with Crippen LogP contribution in [0.2, 0.25) is 0 Å². The molecule has 0 aliphatic carbocycles. The van der Waals surface area contributed by atoms with Crippen molar-refractivity contribution >= 4 is 29.1 Å². The summed E-state index contributed by atoms with van der Waals surface area (Å²) in [6.07, 6.45) is 2.07. The molecule has 1 fully saturated rings. The molecule has 2 aromatic rings. The van der Waals surface area contributed by atoms with Gasteiger partial charge >= 0.3 is 6.03 Å². The van der Waals surface area contributed by atoms with E-state index in [-0.39, 0.29) is 18.4 Å². The van der Waals surface area contributed by atoms with E-state index in [4.69, 9.17) is 0 Å². The molecular formula is C22H30N6O2. The van der Waals surface area contributed by atoms with Gasteiger partial charge in [0.2, 0.25) is 5.91 Å². The molecule has 0 bridgehead atoms. The summed E-state index contributed by atoms with van der Waals surface area (Å²) in [5.74, 6) is 1.000. The maximum absolute atomic E-state index is 12.4. The molecule has 0 saturated carbocycles. The topological polar surface area (TPSA) is 80.8 Å². The summed E-state index contributed by atoms with van der Waals surface area (Å²) < 4.78 is 0. The Bertz CT molecular complexity index is 837. The number of carbonyl (C=O) groups excluding carboxylic acids is 2. The molecule has 2 heterocycles. The first-order valence-electron chi connectivity index (χ1n) is 10.4. The Morgan fingerprint density at radius 1 is 1.10 bits per heavy atom. The molecule has 0 atom stereocenters. The van der Waals surface area contributed by atoms with Crippen LogP contribution in [-0.4, -0.2) is 68.1 Å². The van der Waals surface area contributed by atoms with E-state index in [1.54, 1.807) is 6.20 Å². The van der Waals surface area contributed by atoms with Gasteiger partial charge in [-0.05, 0) is 37.3 Å². The third-order valence-corrected chi connectivity index (χ3v) is 5.25. The lowest BCUT2D eigenvalue weighted by Gasteiger charge is -2.35. The van der Waals surface area contributed by atoms with Gasteiger partial charge < -0.3 is 25.3 Å². The average Bonchev–Trinajstić information content (AvgIpc) is 2.79. The highest BCUT2D eigenvalue weighted by atomic mass is 16.2. The summed E-state index contributed by atoms with van der Waals surface area (Å²) in [6.45, 7) is 6.12. The fraction of sp³-hybridized carbons (Fsp3) is 0.409. The number of rotatable bonds is 7. The number of carbonyl (C=O) groups is 2. The molecule has 8 heteroatoms. The second kappa shape index (κ2) is 10.5. The van der Waals surface area contributed by atoms with Gasteiger partial charge in [0.05, 0.1) is 0 Å². The van der Waals surface area contributed by atoms with E-state index in [1.165, 1.54) is 0 Å². The molecule has 0 unspecified atom stereocenters. The highest BCUT2D eigenvalue weighted by Gasteiger charge is 2.21. The fourth-order valence-corrected chi connectivity index (χ4v) is 3.35. The van der Waals surface area contributed by atoms with Crippen LogP contribution in [0.15, 0.2) is 48.7 Å². The number of urea groups is 1. The SMILES string of the molecule is CCN(C)c1cccc(NC(=O)NCCC(=O)N2CCN(c3ccccn3)CC2)c1. The molecule has 1 saturated heterocycles. The molecule has 1 aliphatic heterocycles. The molecule has 0 spiro atoms. The van der Waals surface area contributed by atoms with Gasteiger partial charge in [0.1, 0.15) is 5.82 Å². The first-order chi connectivity index (χ1) is 14.6. The normalized spacial score (nSPS) is 13.7. The number of aromatic nitrogens is 1. The number of hydrogen-bond donors (Lipinski definition) is 2. The van der Waals surface area contributed by atoms with Crippen molar-refractivity contribution in [2.45, 2.75) is 13.3 Å². The van der Waals surface area contributed by atoms with Crippen LogP contribution in [0.5, 0.6) is 0 Å². The van der Waals surface area contributed by atoms with Crippen LogP contribution in [0.1, 0.15) is 13.3 Å². The second-order valence-electron chi connectivity index (χ2n) is 7.25. The lowest BCUT2D eigenvalue weighted by molar-refractivity contribution is -0.131. The number of anilines is 3. The number of piperazine rings is 1. The minimum Gasteiger partial charge on any atom is -0.375 e. The Kier molecular flexibility index (Phi) is 7.48. The lowest BCUT2D eigenvalue weighted by Crippen LogP contribution is -2.49. The van der Waals surface area contributed by atoms with Crippen molar-refractivity contribution in [1.29, 1.82) is 0 Å². The number of nitrogens with zero attached hydrogens (tertiary/aromatic N) is 4. The average molecular weight is 411 g/mol. The van der Waals surface area contributed by atoms with E-state index < -0.39 is 0 Å². The summed E-state index contributed by atoms with van der Waals surface area (Å²) in [6, 6.07) is 13.2. The molecule has 2 N–H and O–H groups in total. The Balaban J connectivity index is 1.38. The van der Waals surface area contributed by atoms with Crippen molar-refractivity contribution in [2.24, 2.45) is 0 Å². The third-order valence-electron chi connectivity index (χ3n) is 5.25. The number of amides is 3. The van der Waals surface area contributed by atoms with Gasteiger partial charge in [-0.2, -0.15) is 0 Å². The summed E-state index contributed by atoms with van der Waals surface area (Å²) in [4.78, 5) is 35.1. The third kappa shape index (κ3) is 5.85. The maximum atomic E-state index is 12.4. The van der Waals surface area contributed by atoms with E-state index >= 15 is 0 Å². The monoisotopic (exact) mass is 410 g/mol. The van der Waals surface area contributed by atoms with E-state index in [1.807, 2.05) is 54.4 Å². The molecule has 1 aliphatic rings. The fourth-order valence-electron chi connectivity index (χ4n) is 3.35. The van der Waals surface area contributed by atoms with Crippen molar-refractivity contribution in [2.75, 3.05) is 61.4 Å². The van der Waals surface area contributed by atoms with Crippen molar-refractivity contribution in [3.05, 3.63) is 48.7 Å². The van der Waals surface area contributed by atoms with E-state index in [9.17, 15) is 9.59 Å². The number of hydrogen-bond acceptors (Lipinski definition) is 5. The minimum atomic E-state index is -0.306. The highest BCUT2D eigenvalue weighted by molar-refractivity contribution is 5.90. The van der Waals surface area contributed by atoms with Crippen molar-refractivity contribution in [3.8, 4) is 0 Å². The number of pyridine rings is 1. The van der Waals surface area contributed by atoms with Gasteiger partial charge in [0, 0.05) is 70.3 Å². The Labute approximate surface area is 177 Å².